The maximum Gasteiger partial charge on any atom is 0.262 e. The summed E-state index contributed by atoms with van der Waals surface area (Å²) in [6.07, 6.45) is 2.15. The van der Waals surface area contributed by atoms with Crippen LogP contribution in [0.3, 0.4) is 0 Å². The van der Waals surface area contributed by atoms with Crippen molar-refractivity contribution in [2.45, 2.75) is 6.42 Å². The number of aliphatic imine (C=N–C) groups is 1. The molecule has 0 atom stereocenters. The highest BCUT2D eigenvalue weighted by atomic mass is 32.2. The third-order valence-corrected chi connectivity index (χ3v) is 4.12. The Balaban J connectivity index is 1.76. The fraction of sp³-hybridized carbons (Fsp3) is 0.214. The molecule has 2 aliphatic rings. The monoisotopic (exact) mass is 305 g/mol. The van der Waals surface area contributed by atoms with Gasteiger partial charge in [0.25, 0.3) is 11.8 Å². The van der Waals surface area contributed by atoms with Crippen LogP contribution in [0.15, 0.2) is 40.2 Å². The second kappa shape index (κ2) is 5.69. The number of amidine groups is 1. The van der Waals surface area contributed by atoms with E-state index in [4.69, 9.17) is 0 Å². The van der Waals surface area contributed by atoms with E-state index in [1.807, 2.05) is 0 Å². The fourth-order valence-electron chi connectivity index (χ4n) is 2.03. The topological polar surface area (TPSA) is 61.8 Å². The summed E-state index contributed by atoms with van der Waals surface area (Å²) in [7, 11) is 0. The molecule has 1 N–H and O–H groups in total. The van der Waals surface area contributed by atoms with Crippen LogP contribution in [0.25, 0.3) is 0 Å². The number of carbonyl (C=O) groups excluding carboxylic acids is 2. The molecule has 5 nitrogen and oxygen atoms in total. The summed E-state index contributed by atoms with van der Waals surface area (Å²) in [6.45, 7) is 1.30. The first-order valence-corrected chi connectivity index (χ1v) is 7.27. The average molecular weight is 305 g/mol. The van der Waals surface area contributed by atoms with Gasteiger partial charge in [0.2, 0.25) is 0 Å². The van der Waals surface area contributed by atoms with Gasteiger partial charge in [0.1, 0.15) is 5.82 Å². The van der Waals surface area contributed by atoms with E-state index in [-0.39, 0.29) is 11.7 Å². The van der Waals surface area contributed by atoms with Gasteiger partial charge in [0, 0.05) is 24.9 Å². The number of carbonyl (C=O) groups is 2. The lowest BCUT2D eigenvalue weighted by Gasteiger charge is -2.29. The number of hydrogen-bond acceptors (Lipinski definition) is 4. The fourth-order valence-corrected chi connectivity index (χ4v) is 2.98. The van der Waals surface area contributed by atoms with Crippen LogP contribution < -0.4 is 5.32 Å². The molecule has 3 rings (SSSR count). The molecule has 2 heterocycles. The molecule has 1 aromatic rings. The highest BCUT2D eigenvalue weighted by molar-refractivity contribution is 8.18. The van der Waals surface area contributed by atoms with E-state index in [2.05, 4.69) is 10.3 Å². The highest BCUT2D eigenvalue weighted by Crippen LogP contribution is 2.28. The van der Waals surface area contributed by atoms with Crippen molar-refractivity contribution in [3.63, 3.8) is 0 Å². The molecule has 0 bridgehead atoms. The summed E-state index contributed by atoms with van der Waals surface area (Å²) in [5.74, 6) is -0.994. The van der Waals surface area contributed by atoms with Crippen molar-refractivity contribution in [2.75, 3.05) is 18.4 Å². The number of fused-ring (bicyclic) bond motifs is 1. The maximum atomic E-state index is 12.8. The van der Waals surface area contributed by atoms with Crippen molar-refractivity contribution in [3.05, 3.63) is 41.1 Å². The molecule has 0 unspecified atom stereocenters. The van der Waals surface area contributed by atoms with Gasteiger partial charge in [-0.1, -0.05) is 0 Å². The normalized spacial score (nSPS) is 17.8. The van der Waals surface area contributed by atoms with Gasteiger partial charge in [-0.25, -0.2) is 4.39 Å². The zero-order valence-electron chi connectivity index (χ0n) is 11.0. The molecule has 21 heavy (non-hydrogen) atoms. The van der Waals surface area contributed by atoms with E-state index in [0.29, 0.717) is 28.8 Å². The minimum Gasteiger partial charge on any atom is -0.322 e. The molecule has 1 aromatic carbocycles. The number of halogens is 1. The van der Waals surface area contributed by atoms with Gasteiger partial charge in [0.15, 0.2) is 5.17 Å². The maximum absolute atomic E-state index is 12.8. The van der Waals surface area contributed by atoms with Crippen LogP contribution in [-0.4, -0.2) is 35.0 Å². The van der Waals surface area contributed by atoms with E-state index in [0.717, 1.165) is 6.42 Å². The molecule has 2 amide bonds. The molecular formula is C14H12FN3O2S. The summed E-state index contributed by atoms with van der Waals surface area (Å²) < 4.78 is 12.8. The SMILES string of the molecule is O=C(Nc1ccc(F)cc1)C1=CC(=O)N2CCCN=C2S1. The van der Waals surface area contributed by atoms with Crippen LogP contribution in [0.1, 0.15) is 6.42 Å². The summed E-state index contributed by atoms with van der Waals surface area (Å²) >= 11 is 1.18. The number of nitrogens with one attached hydrogen (secondary N) is 1. The zero-order chi connectivity index (χ0) is 14.8. The van der Waals surface area contributed by atoms with Crippen LogP contribution in [0.2, 0.25) is 0 Å². The van der Waals surface area contributed by atoms with Gasteiger partial charge in [-0.15, -0.1) is 0 Å². The summed E-state index contributed by atoms with van der Waals surface area (Å²) in [5, 5.41) is 3.20. The number of anilines is 1. The van der Waals surface area contributed by atoms with Gasteiger partial charge in [0.05, 0.1) is 4.91 Å². The molecule has 108 valence electrons. The minimum atomic E-state index is -0.395. The second-order valence-corrected chi connectivity index (χ2v) is 5.59. The predicted molar refractivity (Wildman–Crippen MR) is 79.3 cm³/mol. The van der Waals surface area contributed by atoms with E-state index >= 15 is 0 Å². The highest BCUT2D eigenvalue weighted by Gasteiger charge is 2.30. The molecule has 2 aliphatic heterocycles. The molecular weight excluding hydrogens is 293 g/mol. The Labute approximate surface area is 124 Å². The Morgan fingerprint density at radius 1 is 1.33 bits per heavy atom. The lowest BCUT2D eigenvalue weighted by Crippen LogP contribution is -2.41. The molecule has 0 aliphatic carbocycles. The number of rotatable bonds is 2. The van der Waals surface area contributed by atoms with Crippen LogP contribution in [0.5, 0.6) is 0 Å². The van der Waals surface area contributed by atoms with Crippen LogP contribution >= 0.6 is 11.8 Å². The molecule has 0 fully saturated rings. The van der Waals surface area contributed by atoms with Crippen molar-refractivity contribution in [2.24, 2.45) is 4.99 Å². The predicted octanol–water partition coefficient (Wildman–Crippen LogP) is 1.98. The standard InChI is InChI=1S/C14H12FN3O2S/c15-9-2-4-10(5-3-9)17-13(20)11-8-12(19)18-7-1-6-16-14(18)21-11/h2-5,8H,1,6-7H2,(H,17,20). The number of thioether (sulfide) groups is 1. The minimum absolute atomic E-state index is 0.226. The zero-order valence-corrected chi connectivity index (χ0v) is 11.8. The van der Waals surface area contributed by atoms with Crippen LogP contribution in [0, 0.1) is 5.82 Å². The lowest BCUT2D eigenvalue weighted by molar-refractivity contribution is -0.123. The molecule has 0 spiro atoms. The largest absolute Gasteiger partial charge is 0.322 e. The van der Waals surface area contributed by atoms with E-state index in [1.54, 1.807) is 4.90 Å². The van der Waals surface area contributed by atoms with Crippen molar-refractivity contribution in [1.29, 1.82) is 0 Å². The molecule has 0 aromatic heterocycles. The Morgan fingerprint density at radius 3 is 2.86 bits per heavy atom. The van der Waals surface area contributed by atoms with Gasteiger partial charge < -0.3 is 5.32 Å². The van der Waals surface area contributed by atoms with Gasteiger partial charge >= 0.3 is 0 Å². The third kappa shape index (κ3) is 2.97. The number of nitrogens with zero attached hydrogens (tertiary/aromatic N) is 2. The number of benzene rings is 1. The molecule has 0 radical (unpaired) electrons. The van der Waals surface area contributed by atoms with E-state index < -0.39 is 5.91 Å². The average Bonchev–Trinajstić information content (AvgIpc) is 2.49. The Bertz CT molecular complexity index is 655. The quantitative estimate of drug-likeness (QED) is 0.909. The van der Waals surface area contributed by atoms with Gasteiger partial charge in [-0.2, -0.15) is 0 Å². The molecule has 0 saturated carbocycles. The number of amides is 2. The van der Waals surface area contributed by atoms with Crippen LogP contribution in [0.4, 0.5) is 10.1 Å². The van der Waals surface area contributed by atoms with Crippen molar-refractivity contribution >= 4 is 34.4 Å². The Kier molecular flexibility index (Phi) is 3.74. The van der Waals surface area contributed by atoms with E-state index in [9.17, 15) is 14.0 Å². The first-order chi connectivity index (χ1) is 10.1. The smallest absolute Gasteiger partial charge is 0.262 e. The van der Waals surface area contributed by atoms with Crippen molar-refractivity contribution < 1.29 is 14.0 Å². The van der Waals surface area contributed by atoms with Crippen molar-refractivity contribution in [3.8, 4) is 0 Å². The summed E-state index contributed by atoms with van der Waals surface area (Å²) in [6, 6.07) is 5.45. The molecule has 7 heteroatoms. The molecule has 0 saturated heterocycles. The van der Waals surface area contributed by atoms with E-state index in [1.165, 1.54) is 42.1 Å². The Morgan fingerprint density at radius 2 is 2.10 bits per heavy atom. The number of hydrogen-bond donors (Lipinski definition) is 1. The summed E-state index contributed by atoms with van der Waals surface area (Å²) in [4.78, 5) is 30.3. The Hall–Kier alpha value is -2.15. The first kappa shape index (κ1) is 13.8. The lowest BCUT2D eigenvalue weighted by atomic mass is 10.3. The first-order valence-electron chi connectivity index (χ1n) is 6.46. The third-order valence-electron chi connectivity index (χ3n) is 3.07. The van der Waals surface area contributed by atoms with Gasteiger partial charge in [-0.05, 0) is 42.4 Å². The van der Waals surface area contributed by atoms with Crippen molar-refractivity contribution in [1.82, 2.24) is 4.90 Å². The summed E-state index contributed by atoms with van der Waals surface area (Å²) in [5.41, 5.74) is 0.475. The second-order valence-electron chi connectivity index (χ2n) is 4.58. The van der Waals surface area contributed by atoms with Gasteiger partial charge in [-0.3, -0.25) is 19.5 Å². The van der Waals surface area contributed by atoms with Crippen LogP contribution in [-0.2, 0) is 9.59 Å².